The van der Waals surface area contributed by atoms with E-state index in [1.807, 2.05) is 0 Å². The Morgan fingerprint density at radius 3 is 2.27 bits per heavy atom. The first-order valence-electron chi connectivity index (χ1n) is 11.1. The molecule has 1 aliphatic heterocycles. The van der Waals surface area contributed by atoms with Gasteiger partial charge in [0, 0.05) is 5.90 Å². The highest BCUT2D eigenvalue weighted by Gasteiger charge is 2.24. The number of aliphatic imine (C=N–C) groups is 1. The van der Waals surface area contributed by atoms with Crippen LogP contribution in [0.2, 0.25) is 0 Å². The van der Waals surface area contributed by atoms with Gasteiger partial charge in [-0.3, -0.25) is 4.99 Å². The Hall–Kier alpha value is -3.59. The van der Waals surface area contributed by atoms with Crippen LogP contribution < -0.4 is 30.1 Å². The molecule has 2 heterocycles. The summed E-state index contributed by atoms with van der Waals surface area (Å²) in [4.78, 5) is 17.5. The van der Waals surface area contributed by atoms with Gasteiger partial charge < -0.3 is 19.9 Å². The average Bonchev–Trinajstić information content (AvgIpc) is 3.20. The molecule has 1 aliphatic rings. The lowest BCUT2D eigenvalue weighted by Crippen LogP contribution is -2.47. The van der Waals surface area contributed by atoms with Crippen LogP contribution in [-0.2, 0) is 6.54 Å². The lowest BCUT2D eigenvalue weighted by Gasteiger charge is -2.21. The summed E-state index contributed by atoms with van der Waals surface area (Å²) in [7, 11) is 3.16. The molecule has 0 amide bonds. The van der Waals surface area contributed by atoms with E-state index in [1.54, 1.807) is 67.4 Å². The van der Waals surface area contributed by atoms with Crippen molar-refractivity contribution in [2.45, 2.75) is 25.8 Å². The molecular formula is C24H29N5O4. The van der Waals surface area contributed by atoms with E-state index in [4.69, 9.17) is 9.47 Å². The minimum Gasteiger partial charge on any atom is -0.855 e. The maximum atomic E-state index is 13.3. The predicted molar refractivity (Wildman–Crippen MR) is 123 cm³/mol. The van der Waals surface area contributed by atoms with Crippen molar-refractivity contribution >= 4 is 11.6 Å². The van der Waals surface area contributed by atoms with E-state index < -0.39 is 11.5 Å². The molecule has 9 nitrogen and oxygen atoms in total. The summed E-state index contributed by atoms with van der Waals surface area (Å²) in [6.45, 7) is 2.52. The highest BCUT2D eigenvalue weighted by Crippen LogP contribution is 2.19. The largest absolute Gasteiger partial charge is 0.855 e. The van der Waals surface area contributed by atoms with Gasteiger partial charge in [0.2, 0.25) is 5.69 Å². The Kier molecular flexibility index (Phi) is 7.09. The van der Waals surface area contributed by atoms with E-state index >= 15 is 0 Å². The maximum absolute atomic E-state index is 13.3. The number of hydrogen-bond acceptors (Lipinski definition) is 6. The molecule has 0 atom stereocenters. The number of piperidine rings is 1. The second-order valence-corrected chi connectivity index (χ2v) is 8.04. The van der Waals surface area contributed by atoms with E-state index in [2.05, 4.69) is 15.5 Å². The number of methoxy groups -OCH3 is 2. The van der Waals surface area contributed by atoms with Gasteiger partial charge in [-0.1, -0.05) is 9.90 Å². The fourth-order valence-electron chi connectivity index (χ4n) is 4.02. The monoisotopic (exact) mass is 451 g/mol. The van der Waals surface area contributed by atoms with Crippen LogP contribution in [0.1, 0.15) is 25.0 Å². The number of H-pyrrole nitrogens is 1. The molecule has 0 bridgehead atoms. The topological polar surface area (TPSA) is 108 Å². The van der Waals surface area contributed by atoms with Gasteiger partial charge in [0.15, 0.2) is 5.69 Å². The lowest BCUT2D eigenvalue weighted by atomic mass is 9.95. The summed E-state index contributed by atoms with van der Waals surface area (Å²) in [6, 6.07) is 13.9. The SMILES string of the molecule is COc1ccc(N=C([O-])c2c(=O)n(-c3ccc(OC)cc3)[nH][n+]2CCC2CCNCC2)cc1. The first kappa shape index (κ1) is 22.6. The second kappa shape index (κ2) is 10.4. The van der Waals surface area contributed by atoms with Crippen molar-refractivity contribution in [3.05, 3.63) is 64.6 Å². The third kappa shape index (κ3) is 5.25. The third-order valence-electron chi connectivity index (χ3n) is 5.95. The molecule has 1 saturated heterocycles. The predicted octanol–water partition coefficient (Wildman–Crippen LogP) is 1.30. The first-order valence-corrected chi connectivity index (χ1v) is 11.1. The number of ether oxygens (including phenoxy) is 2. The van der Waals surface area contributed by atoms with Gasteiger partial charge in [-0.25, -0.2) is 4.79 Å². The summed E-state index contributed by atoms with van der Waals surface area (Å²) in [5.74, 6) is 1.32. The van der Waals surface area contributed by atoms with Crippen LogP contribution in [0.15, 0.2) is 58.3 Å². The van der Waals surface area contributed by atoms with Crippen LogP contribution in [0, 0.1) is 5.92 Å². The normalized spacial score (nSPS) is 14.9. The number of aromatic amines is 1. The van der Waals surface area contributed by atoms with Crippen molar-refractivity contribution in [3.8, 4) is 17.2 Å². The number of hydrogen-bond donors (Lipinski definition) is 2. The van der Waals surface area contributed by atoms with E-state index in [0.29, 0.717) is 35.3 Å². The standard InChI is InChI=1S/C24H29N5O4/c1-32-20-7-3-18(4-8-20)26-23(30)22-24(31)29(19-5-9-21(33-2)10-6-19)27-28(22)16-13-17-11-14-25-15-12-17/h3-10,17,25H,11-16H2,1-2H3,(H-,26,27,30,31). The van der Waals surface area contributed by atoms with Gasteiger partial charge in [0.1, 0.15) is 18.0 Å². The Labute approximate surface area is 192 Å². The Morgan fingerprint density at radius 2 is 1.67 bits per heavy atom. The fraction of sp³-hybridized carbons (Fsp3) is 0.375. The van der Waals surface area contributed by atoms with Crippen molar-refractivity contribution in [3.63, 3.8) is 0 Å². The summed E-state index contributed by atoms with van der Waals surface area (Å²) in [5.41, 5.74) is 0.644. The number of nitrogens with zero attached hydrogens (tertiary/aromatic N) is 3. The number of benzene rings is 2. The van der Waals surface area contributed by atoms with E-state index in [1.165, 1.54) is 4.68 Å². The molecular weight excluding hydrogens is 422 g/mol. The molecule has 9 heteroatoms. The zero-order valence-electron chi connectivity index (χ0n) is 18.9. The molecule has 0 spiro atoms. The molecule has 0 unspecified atom stereocenters. The van der Waals surface area contributed by atoms with Crippen LogP contribution in [0.4, 0.5) is 5.69 Å². The molecule has 4 rings (SSSR count). The van der Waals surface area contributed by atoms with Crippen molar-refractivity contribution in [1.29, 1.82) is 0 Å². The number of aromatic nitrogens is 3. The van der Waals surface area contributed by atoms with Crippen LogP contribution in [0.3, 0.4) is 0 Å². The zero-order chi connectivity index (χ0) is 23.2. The third-order valence-corrected chi connectivity index (χ3v) is 5.95. The number of nitrogens with one attached hydrogen (secondary N) is 2. The molecule has 0 radical (unpaired) electrons. The minimum absolute atomic E-state index is 0.00979. The molecule has 1 fully saturated rings. The van der Waals surface area contributed by atoms with Crippen molar-refractivity contribution in [2.24, 2.45) is 10.9 Å². The Bertz CT molecular complexity index is 1140. The van der Waals surface area contributed by atoms with Gasteiger partial charge in [0.25, 0.3) is 0 Å². The van der Waals surface area contributed by atoms with Gasteiger partial charge in [0.05, 0.1) is 19.9 Å². The van der Waals surface area contributed by atoms with Crippen LogP contribution >= 0.6 is 0 Å². The summed E-state index contributed by atoms with van der Waals surface area (Å²) in [5, 5.41) is 19.6. The Morgan fingerprint density at radius 1 is 1.06 bits per heavy atom. The molecule has 3 aromatic rings. The quantitative estimate of drug-likeness (QED) is 0.305. The summed E-state index contributed by atoms with van der Waals surface area (Å²) >= 11 is 0. The minimum atomic E-state index is -0.584. The average molecular weight is 452 g/mol. The molecule has 0 aliphatic carbocycles. The molecule has 1 aromatic heterocycles. The van der Waals surface area contributed by atoms with Gasteiger partial charge in [-0.2, -0.15) is 4.68 Å². The second-order valence-electron chi connectivity index (χ2n) is 8.04. The summed E-state index contributed by atoms with van der Waals surface area (Å²) in [6.07, 6.45) is 3.05. The highest BCUT2D eigenvalue weighted by atomic mass is 16.5. The summed E-state index contributed by atoms with van der Waals surface area (Å²) < 4.78 is 13.4. The van der Waals surface area contributed by atoms with Gasteiger partial charge >= 0.3 is 5.56 Å². The van der Waals surface area contributed by atoms with Crippen molar-refractivity contribution in [1.82, 2.24) is 15.2 Å². The van der Waals surface area contributed by atoms with E-state index in [0.717, 1.165) is 32.4 Å². The van der Waals surface area contributed by atoms with Crippen LogP contribution in [0.5, 0.6) is 11.5 Å². The van der Waals surface area contributed by atoms with Crippen molar-refractivity contribution < 1.29 is 19.3 Å². The van der Waals surface area contributed by atoms with E-state index in [9.17, 15) is 9.90 Å². The van der Waals surface area contributed by atoms with Crippen molar-refractivity contribution in [2.75, 3.05) is 27.3 Å². The fourth-order valence-corrected chi connectivity index (χ4v) is 4.02. The molecule has 2 aromatic carbocycles. The molecule has 2 N–H and O–H groups in total. The van der Waals surface area contributed by atoms with Gasteiger partial charge in [-0.05, 0) is 86.8 Å². The van der Waals surface area contributed by atoms with Crippen LogP contribution in [-0.4, -0.2) is 43.1 Å². The number of rotatable bonds is 8. The molecule has 33 heavy (non-hydrogen) atoms. The van der Waals surface area contributed by atoms with Crippen LogP contribution in [0.25, 0.3) is 5.69 Å². The maximum Gasteiger partial charge on any atom is 0.406 e. The van der Waals surface area contributed by atoms with Gasteiger partial charge in [-0.15, -0.1) is 0 Å². The molecule has 0 saturated carbocycles. The smallest absolute Gasteiger partial charge is 0.406 e. The zero-order valence-corrected chi connectivity index (χ0v) is 18.9. The Balaban J connectivity index is 1.69. The number of aryl methyl sites for hydroxylation is 1. The lowest BCUT2D eigenvalue weighted by molar-refractivity contribution is -0.758. The molecule has 174 valence electrons. The van der Waals surface area contributed by atoms with E-state index in [-0.39, 0.29) is 5.69 Å². The highest BCUT2D eigenvalue weighted by molar-refractivity contribution is 5.88. The first-order chi connectivity index (χ1) is 16.1.